The Bertz CT molecular complexity index is 350. The molecule has 0 saturated heterocycles. The summed E-state index contributed by atoms with van der Waals surface area (Å²) in [6.45, 7) is 0.665. The van der Waals surface area contributed by atoms with Crippen molar-refractivity contribution in [3.63, 3.8) is 0 Å². The summed E-state index contributed by atoms with van der Waals surface area (Å²) in [5, 5.41) is 11.7. The zero-order valence-electron chi connectivity index (χ0n) is 6.67. The van der Waals surface area contributed by atoms with Crippen LogP contribution in [-0.4, -0.2) is 27.6 Å². The third-order valence-corrected chi connectivity index (χ3v) is 2.40. The van der Waals surface area contributed by atoms with Crippen LogP contribution in [0.25, 0.3) is 0 Å². The van der Waals surface area contributed by atoms with Crippen molar-refractivity contribution < 1.29 is 9.90 Å². The Morgan fingerprint density at radius 3 is 3.15 bits per heavy atom. The van der Waals surface area contributed by atoms with Gasteiger partial charge in [-0.15, -0.1) is 0 Å². The molecule has 5 nitrogen and oxygen atoms in total. The normalized spacial score (nSPS) is 21.2. The molecule has 1 unspecified atom stereocenters. The minimum absolute atomic E-state index is 0.589. The lowest BCUT2D eigenvalue weighted by atomic mass is 10.1. The average Bonchev–Trinajstić information content (AvgIpc) is 2.43. The molecule has 70 valence electrons. The molecule has 0 saturated carbocycles. The summed E-state index contributed by atoms with van der Waals surface area (Å²) < 4.78 is 0.590. The lowest BCUT2D eigenvalue weighted by molar-refractivity contribution is -0.139. The molecule has 1 atom stereocenters. The van der Waals surface area contributed by atoms with Crippen LogP contribution in [0.5, 0.6) is 0 Å². The van der Waals surface area contributed by atoms with Crippen LogP contribution in [0, 0.1) is 0 Å². The van der Waals surface area contributed by atoms with E-state index in [1.54, 1.807) is 0 Å². The van der Waals surface area contributed by atoms with Crippen LogP contribution in [0.4, 0.5) is 0 Å². The Kier molecular flexibility index (Phi) is 2.09. The number of carboxylic acid groups (broad SMARTS) is 1. The number of carboxylic acids is 1. The van der Waals surface area contributed by atoms with E-state index in [1.807, 2.05) is 0 Å². The molecule has 2 heterocycles. The number of halogens is 1. The zero-order valence-corrected chi connectivity index (χ0v) is 8.26. The minimum atomic E-state index is -0.889. The molecule has 1 aliphatic rings. The number of hydrogen-bond acceptors (Lipinski definition) is 3. The molecular formula is C7H8BrN3O2. The maximum absolute atomic E-state index is 10.8. The van der Waals surface area contributed by atoms with Gasteiger partial charge in [0, 0.05) is 18.7 Å². The van der Waals surface area contributed by atoms with Gasteiger partial charge in [0.05, 0.1) is 5.69 Å². The lowest BCUT2D eigenvalue weighted by Crippen LogP contribution is -2.35. The van der Waals surface area contributed by atoms with Crippen LogP contribution >= 0.6 is 15.9 Å². The summed E-state index contributed by atoms with van der Waals surface area (Å²) in [6, 6.07) is -0.675. The number of nitrogens with one attached hydrogen (secondary N) is 2. The van der Waals surface area contributed by atoms with Crippen molar-refractivity contribution in [2.45, 2.75) is 12.5 Å². The second-order valence-electron chi connectivity index (χ2n) is 2.87. The molecule has 0 spiro atoms. The van der Waals surface area contributed by atoms with Gasteiger partial charge < -0.3 is 10.1 Å². The van der Waals surface area contributed by atoms with E-state index in [2.05, 4.69) is 31.2 Å². The van der Waals surface area contributed by atoms with E-state index in [9.17, 15) is 4.79 Å². The Balaban J connectivity index is 2.41. The molecule has 6 heteroatoms. The zero-order chi connectivity index (χ0) is 9.42. The van der Waals surface area contributed by atoms with E-state index in [4.69, 9.17) is 5.11 Å². The summed E-state index contributed by atoms with van der Waals surface area (Å²) >= 11 is 3.18. The fourth-order valence-electron chi connectivity index (χ4n) is 1.46. The molecule has 0 fully saturated rings. The van der Waals surface area contributed by atoms with E-state index in [0.717, 1.165) is 12.1 Å². The molecule has 0 amide bonds. The smallest absolute Gasteiger partial charge is 0.327 e. The number of aromatic nitrogens is 2. The minimum Gasteiger partial charge on any atom is -0.480 e. The van der Waals surface area contributed by atoms with E-state index in [1.165, 1.54) is 0 Å². The predicted molar refractivity (Wildman–Crippen MR) is 48.4 cm³/mol. The SMILES string of the molecule is O=C(O)C1NCCc2[nH]c(Br)nc21. The Labute approximate surface area is 82.7 Å². The molecule has 0 radical (unpaired) electrons. The van der Waals surface area contributed by atoms with Gasteiger partial charge in [0.1, 0.15) is 0 Å². The van der Waals surface area contributed by atoms with Crippen molar-refractivity contribution in [1.29, 1.82) is 0 Å². The summed E-state index contributed by atoms with van der Waals surface area (Å²) in [5.41, 5.74) is 1.49. The van der Waals surface area contributed by atoms with Gasteiger partial charge in [0.15, 0.2) is 10.8 Å². The van der Waals surface area contributed by atoms with Gasteiger partial charge >= 0.3 is 5.97 Å². The van der Waals surface area contributed by atoms with Crippen LogP contribution in [-0.2, 0) is 11.2 Å². The standard InChI is InChI=1S/C7H8BrN3O2/c8-7-10-3-1-2-9-5(6(12)13)4(3)11-7/h5,9H,1-2H2,(H,10,11)(H,12,13). The van der Waals surface area contributed by atoms with Gasteiger partial charge in [-0.25, -0.2) is 4.98 Å². The molecule has 13 heavy (non-hydrogen) atoms. The fraction of sp³-hybridized carbons (Fsp3) is 0.429. The van der Waals surface area contributed by atoms with Crippen LogP contribution in [0.1, 0.15) is 17.4 Å². The van der Waals surface area contributed by atoms with Crippen molar-refractivity contribution in [2.24, 2.45) is 0 Å². The highest BCUT2D eigenvalue weighted by Gasteiger charge is 2.28. The third-order valence-electron chi connectivity index (χ3n) is 2.03. The van der Waals surface area contributed by atoms with Gasteiger partial charge in [-0.1, -0.05) is 0 Å². The Morgan fingerprint density at radius 2 is 2.46 bits per heavy atom. The maximum Gasteiger partial charge on any atom is 0.327 e. The molecule has 0 aromatic carbocycles. The molecule has 3 N–H and O–H groups in total. The predicted octanol–water partition coefficient (Wildman–Crippen LogP) is 0.444. The van der Waals surface area contributed by atoms with Gasteiger partial charge in [-0.3, -0.25) is 10.1 Å². The van der Waals surface area contributed by atoms with Crippen molar-refractivity contribution in [2.75, 3.05) is 6.54 Å². The summed E-state index contributed by atoms with van der Waals surface area (Å²) in [5.74, 6) is -0.889. The molecule has 0 aliphatic carbocycles. The highest BCUT2D eigenvalue weighted by molar-refractivity contribution is 9.10. The van der Waals surface area contributed by atoms with Gasteiger partial charge in [0.2, 0.25) is 0 Å². The quantitative estimate of drug-likeness (QED) is 0.672. The summed E-state index contributed by atoms with van der Waals surface area (Å²) in [7, 11) is 0. The Hall–Kier alpha value is -0.880. The van der Waals surface area contributed by atoms with E-state index in [0.29, 0.717) is 17.0 Å². The average molecular weight is 246 g/mol. The van der Waals surface area contributed by atoms with Gasteiger partial charge in [-0.2, -0.15) is 0 Å². The number of H-pyrrole nitrogens is 1. The lowest BCUT2D eigenvalue weighted by Gasteiger charge is -2.18. The molecule has 0 bridgehead atoms. The molecule has 1 aromatic rings. The highest BCUT2D eigenvalue weighted by atomic mass is 79.9. The first-order valence-electron chi connectivity index (χ1n) is 3.89. The van der Waals surface area contributed by atoms with Crippen LogP contribution in [0.15, 0.2) is 4.73 Å². The monoisotopic (exact) mass is 245 g/mol. The van der Waals surface area contributed by atoms with E-state index < -0.39 is 12.0 Å². The Morgan fingerprint density at radius 1 is 1.69 bits per heavy atom. The number of fused-ring (bicyclic) bond motifs is 1. The molecule has 1 aliphatic heterocycles. The van der Waals surface area contributed by atoms with E-state index >= 15 is 0 Å². The summed E-state index contributed by atoms with van der Waals surface area (Å²) in [4.78, 5) is 17.8. The molecule has 1 aromatic heterocycles. The summed E-state index contributed by atoms with van der Waals surface area (Å²) in [6.07, 6.45) is 0.789. The number of imidazole rings is 1. The largest absolute Gasteiger partial charge is 0.480 e. The first kappa shape index (κ1) is 8.71. The van der Waals surface area contributed by atoms with Gasteiger partial charge in [0.25, 0.3) is 0 Å². The highest BCUT2D eigenvalue weighted by Crippen LogP contribution is 2.22. The van der Waals surface area contributed by atoms with Crippen molar-refractivity contribution >= 4 is 21.9 Å². The van der Waals surface area contributed by atoms with Crippen molar-refractivity contribution in [1.82, 2.24) is 15.3 Å². The molecular weight excluding hydrogens is 238 g/mol. The van der Waals surface area contributed by atoms with Crippen molar-refractivity contribution in [3.05, 3.63) is 16.1 Å². The topological polar surface area (TPSA) is 78.0 Å². The second-order valence-corrected chi connectivity index (χ2v) is 3.62. The number of aromatic amines is 1. The van der Waals surface area contributed by atoms with Crippen LogP contribution < -0.4 is 5.32 Å². The maximum atomic E-state index is 10.8. The molecule has 2 rings (SSSR count). The second kappa shape index (κ2) is 3.12. The number of hydrogen-bond donors (Lipinski definition) is 3. The number of rotatable bonds is 1. The van der Waals surface area contributed by atoms with Crippen LogP contribution in [0.2, 0.25) is 0 Å². The van der Waals surface area contributed by atoms with E-state index in [-0.39, 0.29) is 0 Å². The number of aliphatic carboxylic acids is 1. The van der Waals surface area contributed by atoms with Crippen LogP contribution in [0.3, 0.4) is 0 Å². The van der Waals surface area contributed by atoms with Crippen molar-refractivity contribution in [3.8, 4) is 0 Å². The number of carbonyl (C=O) groups is 1. The number of nitrogens with zero attached hydrogens (tertiary/aromatic N) is 1. The third kappa shape index (κ3) is 1.47. The first-order chi connectivity index (χ1) is 6.18. The fourth-order valence-corrected chi connectivity index (χ4v) is 1.89. The first-order valence-corrected chi connectivity index (χ1v) is 4.68. The van der Waals surface area contributed by atoms with Gasteiger partial charge in [-0.05, 0) is 15.9 Å².